The minimum absolute atomic E-state index is 0.205. The summed E-state index contributed by atoms with van der Waals surface area (Å²) in [6.07, 6.45) is 1.77. The van der Waals surface area contributed by atoms with Crippen molar-refractivity contribution in [1.29, 1.82) is 5.26 Å². The van der Waals surface area contributed by atoms with E-state index in [9.17, 15) is 14.0 Å². The summed E-state index contributed by atoms with van der Waals surface area (Å²) < 4.78 is 19.8. The van der Waals surface area contributed by atoms with E-state index in [0.717, 1.165) is 0 Å². The number of aromatic nitrogens is 1. The van der Waals surface area contributed by atoms with E-state index < -0.39 is 18.0 Å². The van der Waals surface area contributed by atoms with Gasteiger partial charge in [0.25, 0.3) is 0 Å². The lowest BCUT2D eigenvalue weighted by Crippen LogP contribution is -2.33. The lowest BCUT2D eigenvalue weighted by molar-refractivity contribution is -0.119. The second-order valence-corrected chi connectivity index (χ2v) is 6.62. The first-order valence-electron chi connectivity index (χ1n) is 8.02. The van der Waals surface area contributed by atoms with Crippen molar-refractivity contribution < 1.29 is 18.7 Å². The first-order chi connectivity index (χ1) is 13.0. The second-order valence-electron chi connectivity index (χ2n) is 5.76. The van der Waals surface area contributed by atoms with Gasteiger partial charge in [-0.1, -0.05) is 0 Å². The molecule has 1 aliphatic heterocycles. The van der Waals surface area contributed by atoms with E-state index in [4.69, 9.17) is 10.00 Å². The molecule has 1 saturated heterocycles. The van der Waals surface area contributed by atoms with Crippen LogP contribution in [0.5, 0.6) is 0 Å². The summed E-state index contributed by atoms with van der Waals surface area (Å²) in [5.41, 5.74) is 1.25. The molecule has 0 spiro atoms. The van der Waals surface area contributed by atoms with Crippen LogP contribution in [0.2, 0.25) is 0 Å². The van der Waals surface area contributed by atoms with Crippen molar-refractivity contribution in [2.75, 3.05) is 18.0 Å². The Morgan fingerprint density at radius 2 is 2.41 bits per heavy atom. The third-order valence-corrected chi connectivity index (χ3v) is 4.69. The van der Waals surface area contributed by atoms with Crippen LogP contribution >= 0.6 is 11.3 Å². The summed E-state index contributed by atoms with van der Waals surface area (Å²) in [5.74, 6) is -0.733. The fraction of sp³-hybridized carbons (Fsp3) is 0.222. The number of carbonyl (C=O) groups excluding carboxylic acids is 2. The average Bonchev–Trinajstić information content (AvgIpc) is 3.24. The minimum Gasteiger partial charge on any atom is -0.442 e. The van der Waals surface area contributed by atoms with Crippen LogP contribution in [0.1, 0.15) is 12.6 Å². The molecule has 3 rings (SSSR count). The van der Waals surface area contributed by atoms with Crippen LogP contribution < -0.4 is 10.2 Å². The first-order valence-corrected chi connectivity index (χ1v) is 8.90. The zero-order valence-corrected chi connectivity index (χ0v) is 15.1. The molecule has 9 heteroatoms. The third-order valence-electron chi connectivity index (χ3n) is 3.80. The van der Waals surface area contributed by atoms with E-state index in [1.54, 1.807) is 23.6 Å². The number of thiazole rings is 1. The summed E-state index contributed by atoms with van der Waals surface area (Å²) >= 11 is 1.26. The molecular formula is C18H15FN4O3S. The summed E-state index contributed by atoms with van der Waals surface area (Å²) in [5, 5.41) is 13.3. The van der Waals surface area contributed by atoms with Crippen LogP contribution in [-0.4, -0.2) is 36.2 Å². The minimum atomic E-state index is -0.587. The average molecular weight is 386 g/mol. The van der Waals surface area contributed by atoms with Gasteiger partial charge in [-0.3, -0.25) is 9.69 Å². The molecule has 0 bridgehead atoms. The number of nitrogens with one attached hydrogen (secondary N) is 1. The fourth-order valence-electron chi connectivity index (χ4n) is 2.55. The molecule has 27 heavy (non-hydrogen) atoms. The van der Waals surface area contributed by atoms with Gasteiger partial charge in [-0.25, -0.2) is 14.2 Å². The van der Waals surface area contributed by atoms with Crippen LogP contribution in [-0.2, 0) is 9.53 Å². The standard InChI is InChI=1S/C18H15FN4O3S/c1-11(24)21-8-14-9-23(18(25)26-14)13-4-5-15(16(19)7-13)17-22-12(10-27-17)3-2-6-20/h2-5,7,10,14H,8-9H2,1H3,(H,21,24). The van der Waals surface area contributed by atoms with Gasteiger partial charge in [-0.15, -0.1) is 11.3 Å². The number of allylic oxidation sites excluding steroid dienone is 1. The number of anilines is 1. The van der Waals surface area contributed by atoms with E-state index in [1.165, 1.54) is 35.3 Å². The number of cyclic esters (lactones) is 1. The van der Waals surface area contributed by atoms with Gasteiger partial charge in [-0.05, 0) is 24.3 Å². The molecule has 0 aliphatic carbocycles. The Hall–Kier alpha value is -3.25. The number of ether oxygens (including phenoxy) is 1. The molecule has 1 aliphatic rings. The highest BCUT2D eigenvalue weighted by Crippen LogP contribution is 2.31. The lowest BCUT2D eigenvalue weighted by Gasteiger charge is -2.14. The number of hydrogen-bond acceptors (Lipinski definition) is 6. The number of benzene rings is 1. The van der Waals surface area contributed by atoms with Crippen molar-refractivity contribution in [2.24, 2.45) is 0 Å². The molecule has 2 aromatic rings. The summed E-state index contributed by atoms with van der Waals surface area (Å²) in [7, 11) is 0. The van der Waals surface area contributed by atoms with Crippen molar-refractivity contribution in [2.45, 2.75) is 13.0 Å². The summed E-state index contributed by atoms with van der Waals surface area (Å²) in [4.78, 5) is 28.6. The SMILES string of the molecule is CC(=O)NCC1CN(c2ccc(-c3nc(C=CC#N)cs3)c(F)c2)C(=O)O1. The van der Waals surface area contributed by atoms with Gasteiger partial charge in [0.05, 0.1) is 30.5 Å². The highest BCUT2D eigenvalue weighted by Gasteiger charge is 2.32. The Morgan fingerprint density at radius 1 is 1.59 bits per heavy atom. The van der Waals surface area contributed by atoms with Gasteiger partial charge >= 0.3 is 6.09 Å². The molecule has 0 radical (unpaired) electrons. The van der Waals surface area contributed by atoms with Crippen molar-refractivity contribution in [3.05, 3.63) is 41.2 Å². The molecule has 0 saturated carbocycles. The zero-order valence-electron chi connectivity index (χ0n) is 14.3. The number of halogens is 1. The van der Waals surface area contributed by atoms with Crippen LogP contribution in [0.4, 0.5) is 14.9 Å². The summed E-state index contributed by atoms with van der Waals surface area (Å²) in [6, 6.07) is 6.30. The van der Waals surface area contributed by atoms with Gasteiger partial charge in [0.1, 0.15) is 16.9 Å². The maximum absolute atomic E-state index is 14.6. The van der Waals surface area contributed by atoms with E-state index >= 15 is 0 Å². The topological polar surface area (TPSA) is 95.3 Å². The van der Waals surface area contributed by atoms with Gasteiger partial charge < -0.3 is 10.1 Å². The number of rotatable bonds is 5. The Labute approximate surface area is 158 Å². The van der Waals surface area contributed by atoms with Gasteiger partial charge in [0, 0.05) is 23.9 Å². The molecule has 1 aromatic heterocycles. The quantitative estimate of drug-likeness (QED) is 0.797. The molecule has 138 valence electrons. The number of hydrogen-bond donors (Lipinski definition) is 1. The van der Waals surface area contributed by atoms with Crippen molar-refractivity contribution >= 4 is 35.1 Å². The second kappa shape index (κ2) is 7.97. The fourth-order valence-corrected chi connectivity index (χ4v) is 3.36. The Bertz CT molecular complexity index is 950. The number of amides is 2. The van der Waals surface area contributed by atoms with Crippen LogP contribution in [0.25, 0.3) is 16.6 Å². The van der Waals surface area contributed by atoms with Gasteiger partial charge in [0.15, 0.2) is 0 Å². The molecule has 1 atom stereocenters. The van der Waals surface area contributed by atoms with E-state index in [2.05, 4.69) is 10.3 Å². The molecule has 7 nitrogen and oxygen atoms in total. The highest BCUT2D eigenvalue weighted by atomic mass is 32.1. The predicted molar refractivity (Wildman–Crippen MR) is 98.5 cm³/mol. The van der Waals surface area contributed by atoms with Crippen molar-refractivity contribution in [1.82, 2.24) is 10.3 Å². The molecule has 1 aromatic carbocycles. The monoisotopic (exact) mass is 386 g/mol. The van der Waals surface area contributed by atoms with Crippen LogP contribution in [0, 0.1) is 17.1 Å². The van der Waals surface area contributed by atoms with Crippen molar-refractivity contribution in [3.63, 3.8) is 0 Å². The van der Waals surface area contributed by atoms with Crippen molar-refractivity contribution in [3.8, 4) is 16.6 Å². The maximum atomic E-state index is 14.6. The molecule has 1 N–H and O–H groups in total. The zero-order chi connectivity index (χ0) is 19.4. The van der Waals surface area contributed by atoms with Crippen LogP contribution in [0.15, 0.2) is 29.7 Å². The van der Waals surface area contributed by atoms with Gasteiger partial charge in [0.2, 0.25) is 5.91 Å². The maximum Gasteiger partial charge on any atom is 0.414 e. The highest BCUT2D eigenvalue weighted by molar-refractivity contribution is 7.13. The number of nitriles is 1. The van der Waals surface area contributed by atoms with E-state index in [0.29, 0.717) is 22.0 Å². The molecular weight excluding hydrogens is 371 g/mol. The third kappa shape index (κ3) is 4.30. The molecule has 2 heterocycles. The number of carbonyl (C=O) groups is 2. The Kier molecular flexibility index (Phi) is 5.47. The Balaban J connectivity index is 1.76. The molecule has 1 unspecified atom stereocenters. The largest absolute Gasteiger partial charge is 0.442 e. The first kappa shape index (κ1) is 18.5. The smallest absolute Gasteiger partial charge is 0.414 e. The van der Waals surface area contributed by atoms with Gasteiger partial charge in [-0.2, -0.15) is 5.26 Å². The van der Waals surface area contributed by atoms with E-state index in [-0.39, 0.29) is 19.0 Å². The summed E-state index contributed by atoms with van der Waals surface area (Å²) in [6.45, 7) is 1.80. The lowest BCUT2D eigenvalue weighted by atomic mass is 10.2. The number of nitrogens with zero attached hydrogens (tertiary/aromatic N) is 3. The predicted octanol–water partition coefficient (Wildman–Crippen LogP) is 2.95. The molecule has 1 fully saturated rings. The Morgan fingerprint density at radius 3 is 3.11 bits per heavy atom. The van der Waals surface area contributed by atoms with Crippen LogP contribution in [0.3, 0.4) is 0 Å². The molecule has 2 amide bonds. The normalized spacial score (nSPS) is 16.4. The van der Waals surface area contributed by atoms with E-state index in [1.807, 2.05) is 6.07 Å².